The van der Waals surface area contributed by atoms with Gasteiger partial charge in [0.25, 0.3) is 0 Å². The summed E-state index contributed by atoms with van der Waals surface area (Å²) in [5, 5.41) is 4.06. The van der Waals surface area contributed by atoms with Crippen molar-refractivity contribution in [2.24, 2.45) is 0 Å². The lowest BCUT2D eigenvalue weighted by Gasteiger charge is -2.15. The molecule has 0 fully saturated rings. The van der Waals surface area contributed by atoms with Crippen LogP contribution in [0, 0.1) is 5.82 Å². The molecule has 0 saturated heterocycles. The molecule has 0 heterocycles. The largest absolute Gasteiger partial charge is 0.494 e. The van der Waals surface area contributed by atoms with Gasteiger partial charge < -0.3 is 10.1 Å². The zero-order valence-electron chi connectivity index (χ0n) is 11.5. The molecule has 2 aromatic carbocycles. The quantitative estimate of drug-likeness (QED) is 0.885. The van der Waals surface area contributed by atoms with Crippen LogP contribution in [0.2, 0.25) is 5.02 Å². The first-order chi connectivity index (χ1) is 9.60. The molecule has 1 unspecified atom stereocenters. The van der Waals surface area contributed by atoms with E-state index in [1.807, 2.05) is 37.3 Å². The Morgan fingerprint density at radius 3 is 2.70 bits per heavy atom. The van der Waals surface area contributed by atoms with Crippen LogP contribution in [0.1, 0.15) is 24.1 Å². The topological polar surface area (TPSA) is 21.3 Å². The summed E-state index contributed by atoms with van der Waals surface area (Å²) in [4.78, 5) is 0. The monoisotopic (exact) mass is 293 g/mol. The number of hydrogen-bond donors (Lipinski definition) is 1. The molecule has 4 heteroatoms. The molecular weight excluding hydrogens is 277 g/mol. The van der Waals surface area contributed by atoms with Crippen LogP contribution in [-0.4, -0.2) is 7.11 Å². The Bertz CT molecular complexity index is 588. The maximum absolute atomic E-state index is 13.6. The smallest absolute Gasteiger partial charge is 0.165 e. The number of benzene rings is 2. The number of halogens is 2. The summed E-state index contributed by atoms with van der Waals surface area (Å²) >= 11 is 5.97. The second-order valence-corrected chi connectivity index (χ2v) is 5.06. The lowest BCUT2D eigenvalue weighted by atomic mass is 10.1. The van der Waals surface area contributed by atoms with Gasteiger partial charge in [-0.2, -0.15) is 0 Å². The molecule has 20 heavy (non-hydrogen) atoms. The van der Waals surface area contributed by atoms with Crippen LogP contribution in [0.3, 0.4) is 0 Å². The van der Waals surface area contributed by atoms with Gasteiger partial charge >= 0.3 is 0 Å². The minimum atomic E-state index is -0.345. The molecule has 1 N–H and O–H groups in total. The molecule has 0 saturated carbocycles. The molecule has 0 aliphatic rings. The summed E-state index contributed by atoms with van der Waals surface area (Å²) in [5.74, 6) is -0.0844. The van der Waals surface area contributed by atoms with Crippen molar-refractivity contribution in [2.45, 2.75) is 19.5 Å². The molecule has 2 rings (SSSR count). The van der Waals surface area contributed by atoms with Crippen LogP contribution in [0.25, 0.3) is 0 Å². The van der Waals surface area contributed by atoms with Crippen LogP contribution in [0.5, 0.6) is 5.75 Å². The zero-order chi connectivity index (χ0) is 14.5. The molecular formula is C16H17ClFNO. The molecule has 106 valence electrons. The Morgan fingerprint density at radius 2 is 2.05 bits per heavy atom. The fraction of sp³-hybridized carbons (Fsp3) is 0.250. The molecule has 2 aromatic rings. The Balaban J connectivity index is 1.99. The Morgan fingerprint density at radius 1 is 1.25 bits per heavy atom. The number of methoxy groups -OCH3 is 1. The summed E-state index contributed by atoms with van der Waals surface area (Å²) in [6, 6.07) is 12.8. The van der Waals surface area contributed by atoms with Gasteiger partial charge in [0.2, 0.25) is 0 Å². The highest BCUT2D eigenvalue weighted by Gasteiger charge is 2.07. The van der Waals surface area contributed by atoms with E-state index in [4.69, 9.17) is 16.3 Å². The van der Waals surface area contributed by atoms with Crippen LogP contribution in [0.15, 0.2) is 42.5 Å². The predicted molar refractivity (Wildman–Crippen MR) is 79.7 cm³/mol. The van der Waals surface area contributed by atoms with Crippen LogP contribution in [0.4, 0.5) is 4.39 Å². The Hall–Kier alpha value is -1.58. The van der Waals surface area contributed by atoms with E-state index < -0.39 is 0 Å². The van der Waals surface area contributed by atoms with E-state index in [2.05, 4.69) is 5.32 Å². The van der Waals surface area contributed by atoms with Gasteiger partial charge in [-0.25, -0.2) is 4.39 Å². The highest BCUT2D eigenvalue weighted by molar-refractivity contribution is 6.30. The standard InChI is InChI=1S/C16H17ClFNO/c1-11(13-4-3-5-14(17)9-13)19-10-12-6-7-16(20-2)15(18)8-12/h3-9,11,19H,10H2,1-2H3. The van der Waals surface area contributed by atoms with E-state index in [1.54, 1.807) is 6.07 Å². The van der Waals surface area contributed by atoms with Crippen molar-refractivity contribution in [3.63, 3.8) is 0 Å². The van der Waals surface area contributed by atoms with Crippen molar-refractivity contribution in [2.75, 3.05) is 7.11 Å². The number of hydrogen-bond acceptors (Lipinski definition) is 2. The fourth-order valence-electron chi connectivity index (χ4n) is 1.98. The zero-order valence-corrected chi connectivity index (χ0v) is 12.2. The van der Waals surface area contributed by atoms with Crippen LogP contribution < -0.4 is 10.1 Å². The van der Waals surface area contributed by atoms with E-state index >= 15 is 0 Å². The van der Waals surface area contributed by atoms with E-state index in [-0.39, 0.29) is 17.6 Å². The third-order valence-electron chi connectivity index (χ3n) is 3.18. The van der Waals surface area contributed by atoms with Crippen molar-refractivity contribution in [1.29, 1.82) is 0 Å². The van der Waals surface area contributed by atoms with Crippen molar-refractivity contribution in [3.05, 3.63) is 64.4 Å². The first-order valence-electron chi connectivity index (χ1n) is 6.41. The van der Waals surface area contributed by atoms with E-state index in [1.165, 1.54) is 13.2 Å². The van der Waals surface area contributed by atoms with Gasteiger partial charge in [-0.3, -0.25) is 0 Å². The molecule has 1 atom stereocenters. The number of rotatable bonds is 5. The lowest BCUT2D eigenvalue weighted by molar-refractivity contribution is 0.386. The number of ether oxygens (including phenoxy) is 1. The number of nitrogens with one attached hydrogen (secondary N) is 1. The molecule has 0 radical (unpaired) electrons. The molecule has 0 spiro atoms. The molecule has 0 aliphatic carbocycles. The van der Waals surface area contributed by atoms with E-state index in [9.17, 15) is 4.39 Å². The van der Waals surface area contributed by atoms with Gasteiger partial charge in [-0.15, -0.1) is 0 Å². The second kappa shape index (κ2) is 6.73. The summed E-state index contributed by atoms with van der Waals surface area (Å²) in [5.41, 5.74) is 1.98. The van der Waals surface area contributed by atoms with Gasteiger partial charge in [0.15, 0.2) is 11.6 Å². The van der Waals surface area contributed by atoms with Crippen LogP contribution in [-0.2, 0) is 6.54 Å². The average Bonchev–Trinajstić information content (AvgIpc) is 2.45. The minimum absolute atomic E-state index is 0.138. The van der Waals surface area contributed by atoms with Gasteiger partial charge in [0, 0.05) is 17.6 Å². The highest BCUT2D eigenvalue weighted by atomic mass is 35.5. The van der Waals surface area contributed by atoms with Gasteiger partial charge in [-0.1, -0.05) is 29.8 Å². The maximum atomic E-state index is 13.6. The Kier molecular flexibility index (Phi) is 4.99. The Labute approximate surface area is 123 Å². The summed E-state index contributed by atoms with van der Waals surface area (Å²) in [6.45, 7) is 2.63. The van der Waals surface area contributed by atoms with Crippen molar-refractivity contribution >= 4 is 11.6 Å². The van der Waals surface area contributed by atoms with Crippen molar-refractivity contribution in [3.8, 4) is 5.75 Å². The summed E-state index contributed by atoms with van der Waals surface area (Å²) in [6.07, 6.45) is 0. The molecule has 0 bridgehead atoms. The van der Waals surface area contributed by atoms with Gasteiger partial charge in [0.05, 0.1) is 7.11 Å². The normalized spacial score (nSPS) is 12.2. The first kappa shape index (κ1) is 14.8. The van der Waals surface area contributed by atoms with Gasteiger partial charge in [-0.05, 0) is 42.3 Å². The third-order valence-corrected chi connectivity index (χ3v) is 3.41. The first-order valence-corrected chi connectivity index (χ1v) is 6.79. The van der Waals surface area contributed by atoms with Crippen molar-refractivity contribution < 1.29 is 9.13 Å². The maximum Gasteiger partial charge on any atom is 0.165 e. The van der Waals surface area contributed by atoms with Gasteiger partial charge in [0.1, 0.15) is 0 Å². The summed E-state index contributed by atoms with van der Waals surface area (Å²) in [7, 11) is 1.46. The molecule has 2 nitrogen and oxygen atoms in total. The third kappa shape index (κ3) is 3.71. The minimum Gasteiger partial charge on any atom is -0.494 e. The summed E-state index contributed by atoms with van der Waals surface area (Å²) < 4.78 is 18.5. The second-order valence-electron chi connectivity index (χ2n) is 4.63. The molecule has 0 aromatic heterocycles. The SMILES string of the molecule is COc1ccc(CNC(C)c2cccc(Cl)c2)cc1F. The fourth-order valence-corrected chi connectivity index (χ4v) is 2.18. The predicted octanol–water partition coefficient (Wildman–Crippen LogP) is 4.34. The molecule has 0 aliphatic heterocycles. The molecule has 0 amide bonds. The van der Waals surface area contributed by atoms with Crippen molar-refractivity contribution in [1.82, 2.24) is 5.32 Å². The lowest BCUT2D eigenvalue weighted by Crippen LogP contribution is -2.18. The average molecular weight is 294 g/mol. The van der Waals surface area contributed by atoms with E-state index in [0.29, 0.717) is 11.6 Å². The van der Waals surface area contributed by atoms with Crippen LogP contribution >= 0.6 is 11.6 Å². The highest BCUT2D eigenvalue weighted by Crippen LogP contribution is 2.20. The van der Waals surface area contributed by atoms with E-state index in [0.717, 1.165) is 11.1 Å².